The summed E-state index contributed by atoms with van der Waals surface area (Å²) in [7, 11) is 1.48. The Morgan fingerprint density at radius 1 is 1.00 bits per heavy atom. The Bertz CT molecular complexity index is 831. The molecule has 0 unspecified atom stereocenters. The maximum Gasteiger partial charge on any atom is 0.229 e. The number of fused-ring (bicyclic) bond motifs is 1. The van der Waals surface area contributed by atoms with Gasteiger partial charge in [0.1, 0.15) is 0 Å². The first-order valence-electron chi connectivity index (χ1n) is 6.19. The van der Waals surface area contributed by atoms with Crippen molar-refractivity contribution in [2.75, 3.05) is 7.11 Å². The van der Waals surface area contributed by atoms with Gasteiger partial charge in [-0.05, 0) is 36.4 Å². The molecule has 0 amide bonds. The fourth-order valence-electron chi connectivity index (χ4n) is 2.04. The molecule has 98 valence electrons. The van der Waals surface area contributed by atoms with Crippen LogP contribution >= 0.6 is 0 Å². The number of rotatable bonds is 2. The first-order valence-corrected chi connectivity index (χ1v) is 6.19. The van der Waals surface area contributed by atoms with Crippen LogP contribution in [0.4, 0.5) is 0 Å². The van der Waals surface area contributed by atoms with Crippen molar-refractivity contribution in [2.45, 2.75) is 0 Å². The van der Waals surface area contributed by atoms with Gasteiger partial charge in [-0.3, -0.25) is 4.79 Å². The van der Waals surface area contributed by atoms with Crippen LogP contribution in [0.25, 0.3) is 22.3 Å². The molecule has 0 aliphatic heterocycles. The van der Waals surface area contributed by atoms with Crippen molar-refractivity contribution in [1.29, 1.82) is 0 Å². The Morgan fingerprint density at radius 3 is 2.70 bits per heavy atom. The minimum atomic E-state index is -0.180. The molecule has 1 aromatic carbocycles. The van der Waals surface area contributed by atoms with E-state index in [1.54, 1.807) is 30.5 Å². The van der Waals surface area contributed by atoms with Crippen LogP contribution in [0.15, 0.2) is 59.5 Å². The van der Waals surface area contributed by atoms with E-state index in [1.165, 1.54) is 7.11 Å². The molecule has 0 atom stereocenters. The Kier molecular flexibility index (Phi) is 3.13. The summed E-state index contributed by atoms with van der Waals surface area (Å²) >= 11 is 0. The van der Waals surface area contributed by atoms with Gasteiger partial charge in [-0.1, -0.05) is 12.1 Å². The van der Waals surface area contributed by atoms with Gasteiger partial charge in [0, 0.05) is 11.6 Å². The van der Waals surface area contributed by atoms with Crippen LogP contribution in [0.1, 0.15) is 0 Å². The number of pyridine rings is 2. The standard InChI is InChI=1S/C16H12N2O2/c1-20-14-7-3-2-6-12(15(14)19)13-9-8-11-5-4-10-17-16(11)18-13/h2-10H,1H3. The summed E-state index contributed by atoms with van der Waals surface area (Å²) < 4.78 is 5.10. The van der Waals surface area contributed by atoms with E-state index in [4.69, 9.17) is 4.74 Å². The monoisotopic (exact) mass is 264 g/mol. The van der Waals surface area contributed by atoms with Crippen LogP contribution in [0, 0.1) is 0 Å². The summed E-state index contributed by atoms with van der Waals surface area (Å²) in [6.45, 7) is 0. The molecule has 0 saturated heterocycles. The number of ether oxygens (including phenoxy) is 1. The third kappa shape index (κ3) is 2.12. The topological polar surface area (TPSA) is 52.1 Å². The quantitative estimate of drug-likeness (QED) is 0.714. The first-order chi connectivity index (χ1) is 9.79. The molecule has 0 bridgehead atoms. The highest BCUT2D eigenvalue weighted by Gasteiger charge is 2.08. The number of nitrogens with zero attached hydrogens (tertiary/aromatic N) is 2. The van der Waals surface area contributed by atoms with Crippen LogP contribution in [-0.2, 0) is 0 Å². The van der Waals surface area contributed by atoms with Gasteiger partial charge in [0.05, 0.1) is 18.4 Å². The van der Waals surface area contributed by atoms with E-state index >= 15 is 0 Å². The second-order valence-corrected chi connectivity index (χ2v) is 4.28. The van der Waals surface area contributed by atoms with Gasteiger partial charge in [0.15, 0.2) is 11.4 Å². The average molecular weight is 264 g/mol. The molecule has 0 aliphatic carbocycles. The molecule has 3 rings (SSSR count). The van der Waals surface area contributed by atoms with Crippen LogP contribution < -0.4 is 10.2 Å². The molecule has 2 heterocycles. The average Bonchev–Trinajstić information content (AvgIpc) is 2.68. The molecule has 0 spiro atoms. The van der Waals surface area contributed by atoms with Crippen molar-refractivity contribution in [1.82, 2.24) is 9.97 Å². The van der Waals surface area contributed by atoms with Crippen LogP contribution in [0.2, 0.25) is 0 Å². The van der Waals surface area contributed by atoms with E-state index < -0.39 is 0 Å². The van der Waals surface area contributed by atoms with Crippen LogP contribution in [0.3, 0.4) is 0 Å². The van der Waals surface area contributed by atoms with Gasteiger partial charge >= 0.3 is 0 Å². The van der Waals surface area contributed by atoms with Gasteiger partial charge in [-0.2, -0.15) is 0 Å². The molecule has 0 N–H and O–H groups in total. The van der Waals surface area contributed by atoms with Gasteiger partial charge in [0.2, 0.25) is 5.43 Å². The number of hydrogen-bond donors (Lipinski definition) is 0. The molecule has 2 aromatic heterocycles. The molecule has 0 radical (unpaired) electrons. The highest BCUT2D eigenvalue weighted by Crippen LogP contribution is 2.18. The van der Waals surface area contributed by atoms with Gasteiger partial charge < -0.3 is 4.74 Å². The van der Waals surface area contributed by atoms with Crippen molar-refractivity contribution in [3.05, 3.63) is 65.0 Å². The molecule has 4 heteroatoms. The smallest absolute Gasteiger partial charge is 0.229 e. The zero-order chi connectivity index (χ0) is 13.9. The normalized spacial score (nSPS) is 10.4. The lowest BCUT2D eigenvalue weighted by atomic mass is 10.1. The summed E-state index contributed by atoms with van der Waals surface area (Å²) in [5, 5.41) is 0.941. The summed E-state index contributed by atoms with van der Waals surface area (Å²) in [4.78, 5) is 21.0. The predicted molar refractivity (Wildman–Crippen MR) is 77.8 cm³/mol. The molecule has 20 heavy (non-hydrogen) atoms. The Hall–Kier alpha value is -2.75. The van der Waals surface area contributed by atoms with E-state index in [-0.39, 0.29) is 5.43 Å². The van der Waals surface area contributed by atoms with E-state index in [9.17, 15) is 4.79 Å². The third-order valence-electron chi connectivity index (χ3n) is 3.05. The second kappa shape index (κ2) is 5.09. The lowest BCUT2D eigenvalue weighted by Gasteiger charge is -2.01. The molecule has 0 saturated carbocycles. The van der Waals surface area contributed by atoms with Gasteiger partial charge in [-0.25, -0.2) is 9.97 Å². The molecule has 0 aliphatic rings. The van der Waals surface area contributed by atoms with Crippen molar-refractivity contribution in [2.24, 2.45) is 0 Å². The van der Waals surface area contributed by atoms with Crippen LogP contribution in [0.5, 0.6) is 5.75 Å². The summed E-state index contributed by atoms with van der Waals surface area (Å²) in [6.07, 6.45) is 1.68. The van der Waals surface area contributed by atoms with Gasteiger partial charge in [-0.15, -0.1) is 0 Å². The largest absolute Gasteiger partial charge is 0.493 e. The van der Waals surface area contributed by atoms with Crippen molar-refractivity contribution in [3.8, 4) is 17.0 Å². The maximum absolute atomic E-state index is 12.4. The molecular weight excluding hydrogens is 252 g/mol. The third-order valence-corrected chi connectivity index (χ3v) is 3.05. The van der Waals surface area contributed by atoms with E-state index in [0.29, 0.717) is 22.7 Å². The van der Waals surface area contributed by atoms with E-state index in [0.717, 1.165) is 5.39 Å². The zero-order valence-corrected chi connectivity index (χ0v) is 10.9. The fraction of sp³-hybridized carbons (Fsp3) is 0.0625. The Labute approximate surface area is 115 Å². The van der Waals surface area contributed by atoms with Gasteiger partial charge in [0.25, 0.3) is 0 Å². The molecule has 4 nitrogen and oxygen atoms in total. The minimum absolute atomic E-state index is 0.180. The maximum atomic E-state index is 12.4. The SMILES string of the molecule is COc1ccccc(-c2ccc3cccnc3n2)c1=O. The highest BCUT2D eigenvalue weighted by atomic mass is 16.5. The zero-order valence-electron chi connectivity index (χ0n) is 10.9. The lowest BCUT2D eigenvalue weighted by molar-refractivity contribution is 0.411. The number of hydrogen-bond acceptors (Lipinski definition) is 4. The fourth-order valence-corrected chi connectivity index (χ4v) is 2.04. The van der Waals surface area contributed by atoms with Crippen molar-refractivity contribution < 1.29 is 4.74 Å². The Morgan fingerprint density at radius 2 is 1.85 bits per heavy atom. The van der Waals surface area contributed by atoms with Crippen LogP contribution in [-0.4, -0.2) is 17.1 Å². The number of methoxy groups -OCH3 is 1. The molecule has 0 fully saturated rings. The first kappa shape index (κ1) is 12.3. The summed E-state index contributed by atoms with van der Waals surface area (Å²) in [5.74, 6) is 0.299. The predicted octanol–water partition coefficient (Wildman–Crippen LogP) is 2.67. The summed E-state index contributed by atoms with van der Waals surface area (Å²) in [6, 6.07) is 14.5. The van der Waals surface area contributed by atoms with Crippen molar-refractivity contribution in [3.63, 3.8) is 0 Å². The van der Waals surface area contributed by atoms with E-state index in [1.807, 2.05) is 24.3 Å². The van der Waals surface area contributed by atoms with Crippen molar-refractivity contribution >= 4 is 11.0 Å². The second-order valence-electron chi connectivity index (χ2n) is 4.28. The minimum Gasteiger partial charge on any atom is -0.493 e. The number of aromatic nitrogens is 2. The lowest BCUT2D eigenvalue weighted by Crippen LogP contribution is -2.06. The Balaban J connectivity index is 2.26. The highest BCUT2D eigenvalue weighted by molar-refractivity contribution is 5.78. The molecular formula is C16H12N2O2. The van der Waals surface area contributed by atoms with E-state index in [2.05, 4.69) is 9.97 Å². The molecule has 3 aromatic rings. The summed E-state index contributed by atoms with van der Waals surface area (Å²) in [5.41, 5.74) is 1.53.